The third-order valence-electron chi connectivity index (χ3n) is 4.18. The number of amides is 1. The molecule has 142 valence electrons. The van der Waals surface area contributed by atoms with Gasteiger partial charge in [-0.25, -0.2) is 5.43 Å². The van der Waals surface area contributed by atoms with Crippen LogP contribution in [-0.4, -0.2) is 17.2 Å². The van der Waals surface area contributed by atoms with Gasteiger partial charge in [0.25, 0.3) is 5.91 Å². The number of aromatic hydroxyl groups is 1. The van der Waals surface area contributed by atoms with Crippen LogP contribution < -0.4 is 5.43 Å². The summed E-state index contributed by atoms with van der Waals surface area (Å²) in [5, 5.41) is 15.0. The summed E-state index contributed by atoms with van der Waals surface area (Å²) in [6.45, 7) is 1.89. The molecule has 3 rings (SSSR count). The van der Waals surface area contributed by atoms with Crippen LogP contribution in [0, 0.1) is 6.92 Å². The van der Waals surface area contributed by atoms with E-state index in [1.165, 1.54) is 6.21 Å². The fourth-order valence-electron chi connectivity index (χ4n) is 2.70. The molecule has 0 spiro atoms. The second-order valence-electron chi connectivity index (χ2n) is 6.34. The molecule has 3 aromatic carbocycles. The Morgan fingerprint density at radius 3 is 2.61 bits per heavy atom. The lowest BCUT2D eigenvalue weighted by Gasteiger charge is -2.07. The lowest BCUT2D eigenvalue weighted by Crippen LogP contribution is -2.18. The quantitative estimate of drug-likeness (QED) is 0.437. The molecule has 1 amide bonds. The number of phenolic OH excluding ortho intramolecular Hbond substituents is 1. The Hall–Kier alpha value is -2.82. The van der Waals surface area contributed by atoms with E-state index in [9.17, 15) is 9.90 Å². The molecule has 0 saturated heterocycles. The smallest absolute Gasteiger partial charge is 0.272 e. The second-order valence-corrected chi connectivity index (χ2v) is 7.16. The summed E-state index contributed by atoms with van der Waals surface area (Å²) in [6, 6.07) is 18.0. The van der Waals surface area contributed by atoms with Crippen LogP contribution in [0.3, 0.4) is 0 Å². The molecule has 0 aromatic heterocycles. The zero-order valence-corrected chi connectivity index (χ0v) is 16.6. The highest BCUT2D eigenvalue weighted by Crippen LogP contribution is 2.22. The van der Waals surface area contributed by atoms with Gasteiger partial charge < -0.3 is 5.11 Å². The number of halogens is 2. The van der Waals surface area contributed by atoms with E-state index >= 15 is 0 Å². The van der Waals surface area contributed by atoms with Crippen molar-refractivity contribution in [2.24, 2.45) is 5.10 Å². The van der Waals surface area contributed by atoms with Crippen LogP contribution in [-0.2, 0) is 6.42 Å². The molecule has 0 aliphatic heterocycles. The maximum Gasteiger partial charge on any atom is 0.272 e. The number of phenols is 1. The molecule has 0 heterocycles. The third-order valence-corrected chi connectivity index (χ3v) is 4.86. The van der Waals surface area contributed by atoms with Gasteiger partial charge in [0.05, 0.1) is 16.8 Å². The normalized spacial score (nSPS) is 11.0. The van der Waals surface area contributed by atoms with E-state index in [0.29, 0.717) is 27.6 Å². The number of nitrogens with zero attached hydrogens (tertiary/aromatic N) is 1. The van der Waals surface area contributed by atoms with Crippen molar-refractivity contribution in [1.29, 1.82) is 0 Å². The van der Waals surface area contributed by atoms with Crippen LogP contribution >= 0.6 is 23.2 Å². The molecular formula is C22H18Cl2N2O2. The highest BCUT2D eigenvalue weighted by atomic mass is 35.5. The van der Waals surface area contributed by atoms with Crippen molar-refractivity contribution in [3.05, 3.63) is 98.5 Å². The van der Waals surface area contributed by atoms with Gasteiger partial charge in [0.15, 0.2) is 0 Å². The largest absolute Gasteiger partial charge is 0.507 e. The Labute approximate surface area is 173 Å². The zero-order valence-electron chi connectivity index (χ0n) is 15.1. The Balaban J connectivity index is 1.73. The Bertz CT molecular complexity index is 1050. The summed E-state index contributed by atoms with van der Waals surface area (Å²) in [6.07, 6.45) is 2.01. The molecule has 0 bridgehead atoms. The highest BCUT2D eigenvalue weighted by Gasteiger charge is 2.09. The van der Waals surface area contributed by atoms with Gasteiger partial charge in [0, 0.05) is 10.6 Å². The molecule has 0 atom stereocenters. The zero-order chi connectivity index (χ0) is 20.1. The van der Waals surface area contributed by atoms with E-state index in [0.717, 1.165) is 16.7 Å². The number of aryl methyl sites for hydroxylation is 1. The standard InChI is InChI=1S/C22H18Cl2N2O2/c1-14-6-8-18(20(24)10-14)22(28)26-25-13-17-12-15(7-9-21(17)27)11-16-4-2-3-5-19(16)23/h2-10,12-13,27H,11H2,1H3,(H,26,28). The Morgan fingerprint density at radius 2 is 1.86 bits per heavy atom. The first-order valence-electron chi connectivity index (χ1n) is 8.59. The molecule has 0 aliphatic rings. The monoisotopic (exact) mass is 412 g/mol. The molecule has 3 aromatic rings. The Morgan fingerprint density at radius 1 is 1.07 bits per heavy atom. The number of hydrogen-bond acceptors (Lipinski definition) is 3. The molecular weight excluding hydrogens is 395 g/mol. The van der Waals surface area contributed by atoms with E-state index in [2.05, 4.69) is 10.5 Å². The van der Waals surface area contributed by atoms with E-state index in [4.69, 9.17) is 23.2 Å². The number of benzene rings is 3. The van der Waals surface area contributed by atoms with Gasteiger partial charge in [-0.2, -0.15) is 5.10 Å². The summed E-state index contributed by atoms with van der Waals surface area (Å²) in [4.78, 5) is 12.2. The first-order chi connectivity index (χ1) is 13.4. The maximum atomic E-state index is 12.2. The van der Waals surface area contributed by atoms with Crippen molar-refractivity contribution in [3.63, 3.8) is 0 Å². The van der Waals surface area contributed by atoms with Crippen LogP contribution in [0.5, 0.6) is 5.75 Å². The van der Waals surface area contributed by atoms with Gasteiger partial charge in [-0.15, -0.1) is 0 Å². The van der Waals surface area contributed by atoms with Crippen LogP contribution in [0.15, 0.2) is 65.8 Å². The molecule has 0 unspecified atom stereocenters. The van der Waals surface area contributed by atoms with Crippen molar-refractivity contribution in [3.8, 4) is 5.75 Å². The van der Waals surface area contributed by atoms with Crippen molar-refractivity contribution in [2.45, 2.75) is 13.3 Å². The summed E-state index contributed by atoms with van der Waals surface area (Å²) in [5.41, 5.74) is 6.16. The lowest BCUT2D eigenvalue weighted by atomic mass is 10.0. The van der Waals surface area contributed by atoms with Crippen molar-refractivity contribution in [1.82, 2.24) is 5.43 Å². The van der Waals surface area contributed by atoms with E-state index in [-0.39, 0.29) is 5.75 Å². The minimum absolute atomic E-state index is 0.0641. The molecule has 0 saturated carbocycles. The molecule has 28 heavy (non-hydrogen) atoms. The van der Waals surface area contributed by atoms with Crippen LogP contribution in [0.2, 0.25) is 10.0 Å². The van der Waals surface area contributed by atoms with Crippen molar-refractivity contribution < 1.29 is 9.90 Å². The molecule has 0 fully saturated rings. The van der Waals surface area contributed by atoms with Crippen LogP contribution in [0.1, 0.15) is 32.6 Å². The minimum Gasteiger partial charge on any atom is -0.507 e. The lowest BCUT2D eigenvalue weighted by molar-refractivity contribution is 0.0955. The number of hydrogen-bond donors (Lipinski definition) is 2. The summed E-state index contributed by atoms with van der Waals surface area (Å²) in [7, 11) is 0. The summed E-state index contributed by atoms with van der Waals surface area (Å²) in [5.74, 6) is -0.359. The van der Waals surface area contributed by atoms with E-state index < -0.39 is 5.91 Å². The maximum absolute atomic E-state index is 12.2. The van der Waals surface area contributed by atoms with E-state index in [1.807, 2.05) is 37.3 Å². The second kappa shape index (κ2) is 8.91. The average Bonchev–Trinajstić information content (AvgIpc) is 2.66. The topological polar surface area (TPSA) is 61.7 Å². The number of nitrogens with one attached hydrogen (secondary N) is 1. The summed E-state index contributed by atoms with van der Waals surface area (Å²) < 4.78 is 0. The molecule has 2 N–H and O–H groups in total. The van der Waals surface area contributed by atoms with Gasteiger partial charge in [-0.1, -0.05) is 53.5 Å². The minimum atomic E-state index is -0.423. The third kappa shape index (κ3) is 4.91. The van der Waals surface area contributed by atoms with E-state index in [1.54, 1.807) is 30.3 Å². The first kappa shape index (κ1) is 19.9. The van der Waals surface area contributed by atoms with Gasteiger partial charge in [-0.3, -0.25) is 4.79 Å². The highest BCUT2D eigenvalue weighted by molar-refractivity contribution is 6.34. The van der Waals surface area contributed by atoms with Gasteiger partial charge in [0.1, 0.15) is 5.75 Å². The first-order valence-corrected chi connectivity index (χ1v) is 9.34. The number of rotatable bonds is 5. The van der Waals surface area contributed by atoms with Gasteiger partial charge in [-0.05, 0) is 60.4 Å². The Kier molecular flexibility index (Phi) is 6.34. The van der Waals surface area contributed by atoms with Crippen molar-refractivity contribution >= 4 is 35.3 Å². The molecule has 6 heteroatoms. The fourth-order valence-corrected chi connectivity index (χ4v) is 3.23. The SMILES string of the molecule is Cc1ccc(C(=O)NN=Cc2cc(Cc3ccccc3Cl)ccc2O)c(Cl)c1. The molecule has 0 radical (unpaired) electrons. The predicted octanol–water partition coefficient (Wildman–Crippen LogP) is 5.36. The van der Waals surface area contributed by atoms with Gasteiger partial charge >= 0.3 is 0 Å². The van der Waals surface area contributed by atoms with Gasteiger partial charge in [0.2, 0.25) is 0 Å². The molecule has 0 aliphatic carbocycles. The van der Waals surface area contributed by atoms with Crippen LogP contribution in [0.25, 0.3) is 0 Å². The fraction of sp³-hybridized carbons (Fsp3) is 0.0909. The summed E-state index contributed by atoms with van der Waals surface area (Å²) >= 11 is 12.3. The molecule has 4 nitrogen and oxygen atoms in total. The van der Waals surface area contributed by atoms with Crippen LogP contribution in [0.4, 0.5) is 0 Å². The number of carbonyl (C=O) groups excluding carboxylic acids is 1. The number of hydrazone groups is 1. The average molecular weight is 413 g/mol. The van der Waals surface area contributed by atoms with Crippen molar-refractivity contribution in [2.75, 3.05) is 0 Å². The number of carbonyl (C=O) groups is 1. The predicted molar refractivity (Wildman–Crippen MR) is 114 cm³/mol.